The van der Waals surface area contributed by atoms with E-state index < -0.39 is 0 Å². The Bertz CT molecular complexity index is 1000. The smallest absolute Gasteiger partial charge is 0.172 e. The van der Waals surface area contributed by atoms with Gasteiger partial charge in [0.15, 0.2) is 11.5 Å². The van der Waals surface area contributed by atoms with E-state index in [1.807, 2.05) is 34.7 Å². The zero-order valence-corrected chi connectivity index (χ0v) is 13.6. The molecule has 0 spiro atoms. The summed E-state index contributed by atoms with van der Waals surface area (Å²) in [5.74, 6) is 1.56. The van der Waals surface area contributed by atoms with Gasteiger partial charge in [0.05, 0.1) is 12.7 Å². The zero-order chi connectivity index (χ0) is 16.5. The average molecular weight is 315 g/mol. The van der Waals surface area contributed by atoms with Gasteiger partial charge >= 0.3 is 0 Å². The van der Waals surface area contributed by atoms with Gasteiger partial charge in [0.1, 0.15) is 5.75 Å². The molecule has 4 nitrogen and oxygen atoms in total. The van der Waals surface area contributed by atoms with Gasteiger partial charge in [0, 0.05) is 6.20 Å². The van der Waals surface area contributed by atoms with Crippen LogP contribution >= 0.6 is 0 Å². The molecule has 0 saturated heterocycles. The van der Waals surface area contributed by atoms with Crippen LogP contribution in [0, 0.1) is 6.92 Å². The molecule has 4 aromatic rings. The third kappa shape index (κ3) is 2.42. The van der Waals surface area contributed by atoms with Gasteiger partial charge in [-0.2, -0.15) is 0 Å². The van der Waals surface area contributed by atoms with E-state index in [0.29, 0.717) is 0 Å². The minimum Gasteiger partial charge on any atom is -0.496 e. The number of nitrogens with zero attached hydrogens (tertiary/aromatic N) is 3. The van der Waals surface area contributed by atoms with Crippen LogP contribution in [-0.4, -0.2) is 21.7 Å². The molecule has 0 N–H and O–H groups in total. The highest BCUT2D eigenvalue weighted by atomic mass is 16.5. The third-order valence-electron chi connectivity index (χ3n) is 4.14. The number of methoxy groups -OCH3 is 1. The monoisotopic (exact) mass is 315 g/mol. The van der Waals surface area contributed by atoms with E-state index in [9.17, 15) is 0 Å². The molecule has 2 aromatic heterocycles. The molecule has 0 aliphatic carbocycles. The number of aromatic nitrogens is 3. The minimum absolute atomic E-state index is 0.774. The predicted molar refractivity (Wildman–Crippen MR) is 95.1 cm³/mol. The number of para-hydroxylation sites is 1. The number of rotatable bonds is 3. The van der Waals surface area contributed by atoms with Crippen molar-refractivity contribution in [3.8, 4) is 28.3 Å². The maximum absolute atomic E-state index is 5.46. The van der Waals surface area contributed by atoms with Gasteiger partial charge in [0.2, 0.25) is 0 Å². The van der Waals surface area contributed by atoms with Crippen molar-refractivity contribution in [2.45, 2.75) is 6.92 Å². The molecule has 0 saturated carbocycles. The summed E-state index contributed by atoms with van der Waals surface area (Å²) in [5.41, 5.74) is 5.28. The van der Waals surface area contributed by atoms with E-state index in [0.717, 1.165) is 28.3 Å². The van der Waals surface area contributed by atoms with E-state index in [1.165, 1.54) is 11.1 Å². The number of hydrogen-bond donors (Lipinski definition) is 0. The largest absolute Gasteiger partial charge is 0.496 e. The fraction of sp³-hybridized carbons (Fsp3) is 0.100. The Kier molecular flexibility index (Phi) is 3.50. The molecule has 0 fully saturated rings. The first kappa shape index (κ1) is 14.5. The maximum atomic E-state index is 5.46. The Morgan fingerprint density at radius 2 is 1.58 bits per heavy atom. The SMILES string of the molecule is COc1ccccc1-c1nnc2ccc(-c3ccc(C)cc3)cn12. The van der Waals surface area contributed by atoms with Gasteiger partial charge in [-0.25, -0.2) is 0 Å². The highest BCUT2D eigenvalue weighted by Gasteiger charge is 2.13. The topological polar surface area (TPSA) is 39.4 Å². The van der Waals surface area contributed by atoms with Crippen molar-refractivity contribution in [3.63, 3.8) is 0 Å². The Balaban J connectivity index is 1.89. The van der Waals surface area contributed by atoms with Crippen molar-refractivity contribution in [2.24, 2.45) is 0 Å². The number of ether oxygens (including phenoxy) is 1. The van der Waals surface area contributed by atoms with Crippen molar-refractivity contribution < 1.29 is 4.74 Å². The van der Waals surface area contributed by atoms with Gasteiger partial charge in [0.25, 0.3) is 0 Å². The van der Waals surface area contributed by atoms with Crippen LogP contribution < -0.4 is 4.74 Å². The van der Waals surface area contributed by atoms with E-state index in [1.54, 1.807) is 7.11 Å². The lowest BCUT2D eigenvalue weighted by Gasteiger charge is -2.08. The summed E-state index contributed by atoms with van der Waals surface area (Å²) >= 11 is 0. The van der Waals surface area contributed by atoms with E-state index in [-0.39, 0.29) is 0 Å². The number of fused-ring (bicyclic) bond motifs is 1. The standard InChI is InChI=1S/C20H17N3O/c1-14-7-9-15(10-8-14)16-11-12-19-21-22-20(23(19)13-16)17-5-3-4-6-18(17)24-2/h3-13H,1-2H3. The molecule has 118 valence electrons. The zero-order valence-electron chi connectivity index (χ0n) is 13.6. The van der Waals surface area contributed by atoms with Crippen LogP contribution in [0.4, 0.5) is 0 Å². The van der Waals surface area contributed by atoms with Gasteiger partial charge in [-0.15, -0.1) is 10.2 Å². The Hall–Kier alpha value is -3.14. The van der Waals surface area contributed by atoms with Crippen LogP contribution in [0.2, 0.25) is 0 Å². The number of hydrogen-bond acceptors (Lipinski definition) is 3. The molecule has 0 aliphatic heterocycles. The fourth-order valence-corrected chi connectivity index (χ4v) is 2.82. The second kappa shape index (κ2) is 5.81. The average Bonchev–Trinajstić information content (AvgIpc) is 3.05. The molecule has 4 heteroatoms. The van der Waals surface area contributed by atoms with E-state index in [4.69, 9.17) is 4.74 Å². The maximum Gasteiger partial charge on any atom is 0.172 e. The Morgan fingerprint density at radius 1 is 0.833 bits per heavy atom. The second-order valence-corrected chi connectivity index (χ2v) is 5.74. The molecule has 24 heavy (non-hydrogen) atoms. The van der Waals surface area contributed by atoms with Crippen molar-refractivity contribution in [1.82, 2.24) is 14.6 Å². The van der Waals surface area contributed by atoms with Crippen LogP contribution in [0.3, 0.4) is 0 Å². The van der Waals surface area contributed by atoms with E-state index >= 15 is 0 Å². The van der Waals surface area contributed by atoms with Crippen molar-refractivity contribution in [1.29, 1.82) is 0 Å². The first-order valence-electron chi connectivity index (χ1n) is 7.81. The van der Waals surface area contributed by atoms with Crippen molar-refractivity contribution >= 4 is 5.65 Å². The van der Waals surface area contributed by atoms with Crippen LogP contribution in [0.5, 0.6) is 5.75 Å². The highest BCUT2D eigenvalue weighted by molar-refractivity contribution is 5.70. The quantitative estimate of drug-likeness (QED) is 0.563. The van der Waals surface area contributed by atoms with Crippen LogP contribution in [0.15, 0.2) is 66.9 Å². The summed E-state index contributed by atoms with van der Waals surface area (Å²) in [5, 5.41) is 8.63. The molecular weight excluding hydrogens is 298 g/mol. The van der Waals surface area contributed by atoms with E-state index in [2.05, 4.69) is 53.6 Å². The number of pyridine rings is 1. The normalized spacial score (nSPS) is 10.9. The van der Waals surface area contributed by atoms with Crippen LogP contribution in [0.1, 0.15) is 5.56 Å². The highest BCUT2D eigenvalue weighted by Crippen LogP contribution is 2.29. The number of benzene rings is 2. The van der Waals surface area contributed by atoms with Crippen molar-refractivity contribution in [2.75, 3.05) is 7.11 Å². The summed E-state index contributed by atoms with van der Waals surface area (Å²) in [6.45, 7) is 2.09. The second-order valence-electron chi connectivity index (χ2n) is 5.74. The van der Waals surface area contributed by atoms with Crippen molar-refractivity contribution in [3.05, 3.63) is 72.4 Å². The first-order chi connectivity index (χ1) is 11.8. The molecule has 0 amide bonds. The summed E-state index contributed by atoms with van der Waals surface area (Å²) in [6.07, 6.45) is 2.07. The third-order valence-corrected chi connectivity index (χ3v) is 4.14. The summed E-state index contributed by atoms with van der Waals surface area (Å²) in [6, 6.07) is 20.4. The predicted octanol–water partition coefficient (Wildman–Crippen LogP) is 4.38. The summed E-state index contributed by atoms with van der Waals surface area (Å²) in [7, 11) is 1.67. The lowest BCUT2D eigenvalue weighted by atomic mass is 10.1. The van der Waals surface area contributed by atoms with Gasteiger partial charge in [-0.3, -0.25) is 4.40 Å². The molecular formula is C20H17N3O. The molecule has 0 radical (unpaired) electrons. The summed E-state index contributed by atoms with van der Waals surface area (Å²) < 4.78 is 7.47. The fourth-order valence-electron chi connectivity index (χ4n) is 2.82. The number of aryl methyl sites for hydroxylation is 1. The Morgan fingerprint density at radius 3 is 2.38 bits per heavy atom. The molecule has 0 atom stereocenters. The molecule has 2 aromatic carbocycles. The Labute approximate surface area is 140 Å². The lowest BCUT2D eigenvalue weighted by molar-refractivity contribution is 0.416. The molecule has 0 aliphatic rings. The van der Waals surface area contributed by atoms with Gasteiger partial charge < -0.3 is 4.74 Å². The summed E-state index contributed by atoms with van der Waals surface area (Å²) in [4.78, 5) is 0. The molecule has 4 rings (SSSR count). The molecule has 2 heterocycles. The van der Waals surface area contributed by atoms with Gasteiger partial charge in [-0.05, 0) is 42.3 Å². The first-order valence-corrected chi connectivity index (χ1v) is 7.81. The van der Waals surface area contributed by atoms with Crippen LogP contribution in [-0.2, 0) is 0 Å². The van der Waals surface area contributed by atoms with Crippen LogP contribution in [0.25, 0.3) is 28.2 Å². The lowest BCUT2D eigenvalue weighted by Crippen LogP contribution is -1.94. The minimum atomic E-state index is 0.774. The molecule has 0 bridgehead atoms. The van der Waals surface area contributed by atoms with Gasteiger partial charge in [-0.1, -0.05) is 42.0 Å². The molecule has 0 unspecified atom stereocenters.